The smallest absolute Gasteiger partial charge is 0.260 e. The number of ether oxygens (including phenoxy) is 2. The van der Waals surface area contributed by atoms with Crippen molar-refractivity contribution < 1.29 is 14.3 Å². The number of nitrogens with zero attached hydrogens (tertiary/aromatic N) is 3. The number of aromatic nitrogens is 1. The molecule has 0 N–H and O–H groups in total. The van der Waals surface area contributed by atoms with E-state index >= 15 is 0 Å². The summed E-state index contributed by atoms with van der Waals surface area (Å²) in [6.07, 6.45) is 0.888. The number of amides is 1. The molecule has 3 aromatic rings. The predicted octanol–water partition coefficient (Wildman–Crippen LogP) is 4.49. The summed E-state index contributed by atoms with van der Waals surface area (Å²) in [5.74, 6) is 0.743. The number of thiazole rings is 1. The van der Waals surface area contributed by atoms with Crippen molar-refractivity contribution >= 4 is 45.0 Å². The third-order valence-corrected chi connectivity index (χ3v) is 6.19. The van der Waals surface area contributed by atoms with E-state index in [2.05, 4.69) is 4.90 Å². The molecule has 1 fully saturated rings. The van der Waals surface area contributed by atoms with E-state index in [0.717, 1.165) is 60.4 Å². The molecule has 2 heterocycles. The summed E-state index contributed by atoms with van der Waals surface area (Å²) in [6, 6.07) is 15.4. The van der Waals surface area contributed by atoms with Gasteiger partial charge in [0, 0.05) is 31.7 Å². The van der Waals surface area contributed by atoms with Crippen molar-refractivity contribution in [2.75, 3.05) is 50.9 Å². The second-order valence-corrected chi connectivity index (χ2v) is 8.20. The maximum atomic E-state index is 13.4. The van der Waals surface area contributed by atoms with E-state index in [-0.39, 0.29) is 18.3 Å². The fourth-order valence-electron chi connectivity index (χ4n) is 3.55. The van der Waals surface area contributed by atoms with E-state index in [1.54, 1.807) is 11.3 Å². The Kier molecular flexibility index (Phi) is 8.66. The number of hydrogen-bond donors (Lipinski definition) is 0. The van der Waals surface area contributed by atoms with Gasteiger partial charge in [-0.2, -0.15) is 0 Å². The van der Waals surface area contributed by atoms with Gasteiger partial charge in [-0.3, -0.25) is 14.6 Å². The zero-order valence-electron chi connectivity index (χ0n) is 17.7. The summed E-state index contributed by atoms with van der Waals surface area (Å²) in [6.45, 7) is 7.60. The quantitative estimate of drug-likeness (QED) is 0.495. The van der Waals surface area contributed by atoms with Crippen molar-refractivity contribution in [2.24, 2.45) is 0 Å². The number of para-hydroxylation sites is 1. The Morgan fingerprint density at radius 1 is 1.16 bits per heavy atom. The molecule has 6 nitrogen and oxygen atoms in total. The van der Waals surface area contributed by atoms with Crippen molar-refractivity contribution in [1.82, 2.24) is 9.88 Å². The fourth-order valence-corrected chi connectivity index (χ4v) is 4.54. The van der Waals surface area contributed by atoms with Gasteiger partial charge in [0.25, 0.3) is 5.91 Å². The predicted molar refractivity (Wildman–Crippen MR) is 128 cm³/mol. The van der Waals surface area contributed by atoms with Crippen LogP contribution in [-0.2, 0) is 4.74 Å². The minimum atomic E-state index is -0.0286. The van der Waals surface area contributed by atoms with E-state index < -0.39 is 0 Å². The lowest BCUT2D eigenvalue weighted by molar-refractivity contribution is 0.0376. The van der Waals surface area contributed by atoms with Crippen LogP contribution in [0.5, 0.6) is 5.75 Å². The second kappa shape index (κ2) is 11.4. The second-order valence-electron chi connectivity index (χ2n) is 7.19. The highest BCUT2D eigenvalue weighted by Gasteiger charge is 2.22. The van der Waals surface area contributed by atoms with Crippen LogP contribution in [0.3, 0.4) is 0 Å². The molecule has 1 aliphatic heterocycles. The van der Waals surface area contributed by atoms with Crippen molar-refractivity contribution in [3.63, 3.8) is 0 Å². The van der Waals surface area contributed by atoms with E-state index in [9.17, 15) is 4.79 Å². The standard InChI is InChI=1S/C23H27N3O3S.ClH/c1-2-29-19-10-8-18(9-11-19)22(27)26(13-5-12-25-14-16-28-17-15-25)23-24-20-6-3-4-7-21(20)30-23;/h3-4,6-11H,2,5,12-17H2,1H3;1H. The molecule has 1 amide bonds. The molecule has 0 atom stereocenters. The lowest BCUT2D eigenvalue weighted by Crippen LogP contribution is -2.39. The summed E-state index contributed by atoms with van der Waals surface area (Å²) in [5.41, 5.74) is 1.57. The Labute approximate surface area is 193 Å². The molecule has 2 aromatic carbocycles. The number of carbonyl (C=O) groups is 1. The Morgan fingerprint density at radius 3 is 2.61 bits per heavy atom. The zero-order valence-corrected chi connectivity index (χ0v) is 19.3. The Hall–Kier alpha value is -2.19. The molecule has 0 aliphatic carbocycles. The maximum absolute atomic E-state index is 13.4. The first-order valence-electron chi connectivity index (χ1n) is 10.4. The van der Waals surface area contributed by atoms with E-state index in [1.807, 2.05) is 60.4 Å². The topological polar surface area (TPSA) is 54.9 Å². The van der Waals surface area contributed by atoms with Crippen LogP contribution in [0, 0.1) is 0 Å². The molecule has 1 saturated heterocycles. The van der Waals surface area contributed by atoms with Crippen molar-refractivity contribution in [2.45, 2.75) is 13.3 Å². The van der Waals surface area contributed by atoms with Crippen LogP contribution in [0.15, 0.2) is 48.5 Å². The molecule has 31 heavy (non-hydrogen) atoms. The van der Waals surface area contributed by atoms with Crippen LogP contribution in [0.25, 0.3) is 10.2 Å². The van der Waals surface area contributed by atoms with Crippen molar-refractivity contribution in [1.29, 1.82) is 0 Å². The van der Waals surface area contributed by atoms with Crippen LogP contribution in [0.4, 0.5) is 5.13 Å². The monoisotopic (exact) mass is 461 g/mol. The van der Waals surface area contributed by atoms with Crippen LogP contribution in [0.2, 0.25) is 0 Å². The number of rotatable bonds is 8. The summed E-state index contributed by atoms with van der Waals surface area (Å²) in [7, 11) is 0. The Balaban J connectivity index is 0.00000272. The van der Waals surface area contributed by atoms with Gasteiger partial charge in [0.15, 0.2) is 5.13 Å². The molecule has 1 aliphatic rings. The van der Waals surface area contributed by atoms with Gasteiger partial charge in [0.05, 0.1) is 30.0 Å². The van der Waals surface area contributed by atoms with Crippen molar-refractivity contribution in [3.8, 4) is 5.75 Å². The number of anilines is 1. The van der Waals surface area contributed by atoms with E-state index in [1.165, 1.54) is 0 Å². The number of hydrogen-bond acceptors (Lipinski definition) is 6. The zero-order chi connectivity index (χ0) is 20.8. The SMILES string of the molecule is CCOc1ccc(C(=O)N(CCCN2CCOCC2)c2nc3ccccc3s2)cc1.Cl. The average molecular weight is 462 g/mol. The molecule has 0 spiro atoms. The third-order valence-electron chi connectivity index (χ3n) is 5.13. The molecule has 8 heteroatoms. The van der Waals surface area contributed by atoms with E-state index in [4.69, 9.17) is 14.5 Å². The Bertz CT molecular complexity index is 941. The van der Waals surface area contributed by atoms with Gasteiger partial charge in [0.2, 0.25) is 0 Å². The molecule has 0 saturated carbocycles. The van der Waals surface area contributed by atoms with Crippen LogP contribution in [0.1, 0.15) is 23.7 Å². The van der Waals surface area contributed by atoms with Gasteiger partial charge in [-0.05, 0) is 49.7 Å². The fraction of sp³-hybridized carbons (Fsp3) is 0.391. The minimum absolute atomic E-state index is 0. The molecule has 0 unspecified atom stereocenters. The molecular formula is C23H28ClN3O3S. The van der Waals surface area contributed by atoms with E-state index in [0.29, 0.717) is 18.7 Å². The van der Waals surface area contributed by atoms with Crippen LogP contribution < -0.4 is 9.64 Å². The molecule has 1 aromatic heterocycles. The number of carbonyl (C=O) groups excluding carboxylic acids is 1. The first-order chi connectivity index (χ1) is 14.7. The molecule has 166 valence electrons. The van der Waals surface area contributed by atoms with Gasteiger partial charge in [0.1, 0.15) is 5.75 Å². The average Bonchev–Trinajstić information content (AvgIpc) is 3.22. The van der Waals surface area contributed by atoms with Gasteiger partial charge < -0.3 is 9.47 Å². The van der Waals surface area contributed by atoms with Crippen LogP contribution >= 0.6 is 23.7 Å². The van der Waals surface area contributed by atoms with Crippen LogP contribution in [-0.4, -0.2) is 61.8 Å². The highest BCUT2D eigenvalue weighted by atomic mass is 35.5. The summed E-state index contributed by atoms with van der Waals surface area (Å²) in [5, 5.41) is 0.747. The number of morpholine rings is 1. The maximum Gasteiger partial charge on any atom is 0.260 e. The number of fused-ring (bicyclic) bond motifs is 1. The highest BCUT2D eigenvalue weighted by Crippen LogP contribution is 2.30. The third kappa shape index (κ3) is 5.95. The largest absolute Gasteiger partial charge is 0.494 e. The summed E-state index contributed by atoms with van der Waals surface area (Å²) >= 11 is 1.56. The molecule has 4 rings (SSSR count). The number of benzene rings is 2. The van der Waals surface area contributed by atoms with Gasteiger partial charge in [-0.1, -0.05) is 23.5 Å². The summed E-state index contributed by atoms with van der Waals surface area (Å²) < 4.78 is 12.0. The first-order valence-corrected chi connectivity index (χ1v) is 11.3. The molecule has 0 radical (unpaired) electrons. The highest BCUT2D eigenvalue weighted by molar-refractivity contribution is 7.22. The lowest BCUT2D eigenvalue weighted by atomic mass is 10.2. The minimum Gasteiger partial charge on any atom is -0.494 e. The first kappa shape index (κ1) is 23.5. The molecule has 0 bridgehead atoms. The van der Waals surface area contributed by atoms with Gasteiger partial charge in [-0.15, -0.1) is 12.4 Å². The Morgan fingerprint density at radius 2 is 1.90 bits per heavy atom. The lowest BCUT2D eigenvalue weighted by Gasteiger charge is -2.27. The van der Waals surface area contributed by atoms with Crippen molar-refractivity contribution in [3.05, 3.63) is 54.1 Å². The normalized spacial score (nSPS) is 14.2. The van der Waals surface area contributed by atoms with Gasteiger partial charge >= 0.3 is 0 Å². The van der Waals surface area contributed by atoms with Gasteiger partial charge in [-0.25, -0.2) is 4.98 Å². The number of halogens is 1. The molecular weight excluding hydrogens is 434 g/mol. The summed E-state index contributed by atoms with van der Waals surface area (Å²) in [4.78, 5) is 22.3.